The van der Waals surface area contributed by atoms with Crippen LogP contribution < -0.4 is 10.9 Å². The van der Waals surface area contributed by atoms with Crippen molar-refractivity contribution in [1.82, 2.24) is 25.4 Å². The Kier molecular flexibility index (Phi) is 7.04. The summed E-state index contributed by atoms with van der Waals surface area (Å²) < 4.78 is 2.02. The van der Waals surface area contributed by atoms with Crippen LogP contribution in [0.3, 0.4) is 0 Å². The first-order valence-corrected chi connectivity index (χ1v) is 11.6. The molecule has 2 heterocycles. The number of nitrogens with one attached hydrogen (secondary N) is 2. The van der Waals surface area contributed by atoms with Crippen LogP contribution in [0.5, 0.6) is 0 Å². The average Bonchev–Trinajstić information content (AvgIpc) is 3.23. The van der Waals surface area contributed by atoms with Gasteiger partial charge in [-0.05, 0) is 55.1 Å². The largest absolute Gasteiger partial charge is 0.347 e. The van der Waals surface area contributed by atoms with E-state index in [1.807, 2.05) is 73.1 Å². The number of carbonyl (C=O) groups excluding carboxylic acids is 2. The van der Waals surface area contributed by atoms with E-state index in [-0.39, 0.29) is 18.2 Å². The van der Waals surface area contributed by atoms with Gasteiger partial charge >= 0.3 is 0 Å². The molecule has 0 bridgehead atoms. The van der Waals surface area contributed by atoms with Crippen molar-refractivity contribution in [2.75, 3.05) is 0 Å². The smallest absolute Gasteiger partial charge is 0.269 e. The average molecular weight is 460 g/mol. The standard InChI is InChI=1S/C25H25N5O2S/c1-17-15-18(2)27-25(26-17)33-16-19-7-9-21(10-8-19)24(32)29-28-23(31)12-14-30-13-11-20-5-3-4-6-22(20)30/h3-11,13,15H,12,14,16H2,1-2H3,(H,28,31)(H,29,32). The van der Waals surface area contributed by atoms with Gasteiger partial charge in [0.05, 0.1) is 0 Å². The second kappa shape index (κ2) is 10.3. The maximum absolute atomic E-state index is 12.4. The fourth-order valence-electron chi connectivity index (χ4n) is 3.48. The van der Waals surface area contributed by atoms with E-state index in [0.717, 1.165) is 33.0 Å². The molecule has 0 saturated heterocycles. The molecule has 4 aromatic rings. The summed E-state index contributed by atoms with van der Waals surface area (Å²) in [6.07, 6.45) is 2.22. The molecule has 8 heteroatoms. The van der Waals surface area contributed by atoms with Crippen LogP contribution >= 0.6 is 11.8 Å². The number of fused-ring (bicyclic) bond motifs is 1. The Morgan fingerprint density at radius 1 is 0.939 bits per heavy atom. The topological polar surface area (TPSA) is 88.9 Å². The minimum absolute atomic E-state index is 0.248. The van der Waals surface area contributed by atoms with Gasteiger partial charge in [0.25, 0.3) is 5.91 Å². The van der Waals surface area contributed by atoms with Crippen LogP contribution in [0, 0.1) is 13.8 Å². The van der Waals surface area contributed by atoms with E-state index in [0.29, 0.717) is 17.9 Å². The fraction of sp³-hybridized carbons (Fsp3) is 0.200. The molecule has 0 spiro atoms. The first kappa shape index (κ1) is 22.5. The van der Waals surface area contributed by atoms with Crippen LogP contribution in [-0.4, -0.2) is 26.3 Å². The van der Waals surface area contributed by atoms with Crippen LogP contribution in [0.15, 0.2) is 72.0 Å². The van der Waals surface area contributed by atoms with Crippen LogP contribution in [0.25, 0.3) is 10.9 Å². The third kappa shape index (κ3) is 5.98. The molecule has 0 radical (unpaired) electrons. The number of thioether (sulfide) groups is 1. The van der Waals surface area contributed by atoms with Gasteiger partial charge in [0.15, 0.2) is 5.16 Å². The molecule has 2 amide bonds. The van der Waals surface area contributed by atoms with E-state index in [9.17, 15) is 9.59 Å². The van der Waals surface area contributed by atoms with Gasteiger partial charge in [0, 0.05) is 47.4 Å². The van der Waals surface area contributed by atoms with Crippen LogP contribution in [0.1, 0.15) is 33.7 Å². The molecule has 0 fully saturated rings. The lowest BCUT2D eigenvalue weighted by atomic mass is 10.1. The van der Waals surface area contributed by atoms with Crippen molar-refractivity contribution < 1.29 is 9.59 Å². The second-order valence-electron chi connectivity index (χ2n) is 7.74. The molecule has 7 nitrogen and oxygen atoms in total. The number of hydrogen-bond acceptors (Lipinski definition) is 5. The van der Waals surface area contributed by atoms with Crippen molar-refractivity contribution in [3.05, 3.63) is 89.4 Å². The summed E-state index contributed by atoms with van der Waals surface area (Å²) in [4.78, 5) is 33.4. The van der Waals surface area contributed by atoms with E-state index >= 15 is 0 Å². The predicted octanol–water partition coefficient (Wildman–Crippen LogP) is 4.19. The maximum atomic E-state index is 12.4. The monoisotopic (exact) mass is 459 g/mol. The zero-order valence-corrected chi connectivity index (χ0v) is 19.4. The van der Waals surface area contributed by atoms with Crippen LogP contribution in [0.2, 0.25) is 0 Å². The zero-order chi connectivity index (χ0) is 23.2. The molecule has 0 atom stereocenters. The number of benzene rings is 2. The normalized spacial score (nSPS) is 10.8. The summed E-state index contributed by atoms with van der Waals surface area (Å²) in [7, 11) is 0. The van der Waals surface area contributed by atoms with Gasteiger partial charge in [-0.1, -0.05) is 42.1 Å². The van der Waals surface area contributed by atoms with Gasteiger partial charge in [0.2, 0.25) is 5.91 Å². The molecule has 0 unspecified atom stereocenters. The molecule has 0 aliphatic carbocycles. The summed E-state index contributed by atoms with van der Waals surface area (Å²) in [6, 6.07) is 19.2. The van der Waals surface area contributed by atoms with E-state index in [2.05, 4.69) is 20.8 Å². The van der Waals surface area contributed by atoms with Gasteiger partial charge in [-0.15, -0.1) is 0 Å². The summed E-state index contributed by atoms with van der Waals surface area (Å²) in [5, 5.41) is 1.87. The molecule has 2 aromatic heterocycles. The Hall–Kier alpha value is -3.65. The Bertz CT molecular complexity index is 1260. The highest BCUT2D eigenvalue weighted by Crippen LogP contribution is 2.20. The van der Waals surface area contributed by atoms with Crippen molar-refractivity contribution in [1.29, 1.82) is 0 Å². The molecular weight excluding hydrogens is 434 g/mol. The van der Waals surface area contributed by atoms with E-state index in [1.165, 1.54) is 0 Å². The SMILES string of the molecule is Cc1cc(C)nc(SCc2ccc(C(=O)NNC(=O)CCn3ccc4ccccc43)cc2)n1. The Morgan fingerprint density at radius 2 is 1.67 bits per heavy atom. The zero-order valence-electron chi connectivity index (χ0n) is 18.5. The number of carbonyl (C=O) groups is 2. The van der Waals surface area contributed by atoms with Crippen LogP contribution in [-0.2, 0) is 17.1 Å². The van der Waals surface area contributed by atoms with Crippen molar-refractivity contribution >= 4 is 34.5 Å². The van der Waals surface area contributed by atoms with Crippen molar-refractivity contribution in [2.24, 2.45) is 0 Å². The highest BCUT2D eigenvalue weighted by molar-refractivity contribution is 7.98. The minimum Gasteiger partial charge on any atom is -0.347 e. The highest BCUT2D eigenvalue weighted by atomic mass is 32.2. The number of aromatic nitrogens is 3. The number of rotatable bonds is 7. The molecule has 4 rings (SSSR count). The molecule has 0 aliphatic rings. The molecule has 0 saturated carbocycles. The van der Waals surface area contributed by atoms with Gasteiger partial charge in [-0.25, -0.2) is 9.97 Å². The summed E-state index contributed by atoms with van der Waals surface area (Å²) in [5.74, 6) is 0.101. The van der Waals surface area contributed by atoms with Crippen LogP contribution in [0.4, 0.5) is 0 Å². The van der Waals surface area contributed by atoms with E-state index in [4.69, 9.17) is 0 Å². The molecular formula is C25H25N5O2S. The molecule has 33 heavy (non-hydrogen) atoms. The molecule has 168 valence electrons. The first-order chi connectivity index (χ1) is 16.0. The third-order valence-corrected chi connectivity index (χ3v) is 6.04. The Labute approximate surface area is 196 Å². The molecule has 2 N–H and O–H groups in total. The molecule has 2 aromatic carbocycles. The predicted molar refractivity (Wildman–Crippen MR) is 130 cm³/mol. The van der Waals surface area contributed by atoms with Crippen molar-refractivity contribution in [3.63, 3.8) is 0 Å². The lowest BCUT2D eigenvalue weighted by molar-refractivity contribution is -0.122. The minimum atomic E-state index is -0.355. The number of hydrazine groups is 1. The quantitative estimate of drug-likeness (QED) is 0.246. The Morgan fingerprint density at radius 3 is 2.42 bits per heavy atom. The number of nitrogens with zero attached hydrogens (tertiary/aromatic N) is 3. The lowest BCUT2D eigenvalue weighted by Crippen LogP contribution is -2.41. The number of amides is 2. The lowest BCUT2D eigenvalue weighted by Gasteiger charge is -2.09. The van der Waals surface area contributed by atoms with E-state index < -0.39 is 0 Å². The van der Waals surface area contributed by atoms with Gasteiger partial charge in [-0.2, -0.15) is 0 Å². The maximum Gasteiger partial charge on any atom is 0.269 e. The van der Waals surface area contributed by atoms with Crippen molar-refractivity contribution in [2.45, 2.75) is 37.7 Å². The number of para-hydroxylation sites is 1. The van der Waals surface area contributed by atoms with Gasteiger partial charge in [-0.3, -0.25) is 20.4 Å². The highest BCUT2D eigenvalue weighted by Gasteiger charge is 2.09. The molecule has 0 aliphatic heterocycles. The summed E-state index contributed by atoms with van der Waals surface area (Å²) in [5.41, 5.74) is 9.48. The van der Waals surface area contributed by atoms with Gasteiger partial charge < -0.3 is 4.57 Å². The second-order valence-corrected chi connectivity index (χ2v) is 8.68. The summed E-state index contributed by atoms with van der Waals surface area (Å²) in [6.45, 7) is 4.44. The summed E-state index contributed by atoms with van der Waals surface area (Å²) >= 11 is 1.55. The first-order valence-electron chi connectivity index (χ1n) is 10.6. The van der Waals surface area contributed by atoms with Crippen molar-refractivity contribution in [3.8, 4) is 0 Å². The Balaban J connectivity index is 1.24. The third-order valence-electron chi connectivity index (χ3n) is 5.12. The van der Waals surface area contributed by atoms with Gasteiger partial charge in [0.1, 0.15) is 0 Å². The fourth-order valence-corrected chi connectivity index (χ4v) is 4.38. The number of hydrogen-bond donors (Lipinski definition) is 2. The number of aryl methyl sites for hydroxylation is 3. The van der Waals surface area contributed by atoms with E-state index in [1.54, 1.807) is 23.9 Å².